The number of phenolic OH excluding ortho intramolecular Hbond substituents is 2. The number of aromatic hydroxyl groups is 2. The van der Waals surface area contributed by atoms with Crippen LogP contribution in [0.1, 0.15) is 18.4 Å². The molecule has 4 atom stereocenters. The number of aliphatic carboxylic acids is 1. The van der Waals surface area contributed by atoms with E-state index in [4.69, 9.17) is 9.84 Å². The zero-order chi connectivity index (χ0) is 18.8. The van der Waals surface area contributed by atoms with Crippen LogP contribution in [0.5, 0.6) is 11.5 Å². The highest BCUT2D eigenvalue weighted by Gasteiger charge is 2.50. The second kappa shape index (κ2) is 7.09. The van der Waals surface area contributed by atoms with Gasteiger partial charge in [-0.2, -0.15) is 0 Å². The van der Waals surface area contributed by atoms with Gasteiger partial charge >= 0.3 is 11.9 Å². The molecule has 1 aliphatic carbocycles. The van der Waals surface area contributed by atoms with Gasteiger partial charge in [0.05, 0.1) is 6.10 Å². The number of carboxylic acids is 1. The molecular weight excluding hydrogens is 336 g/mol. The Kier molecular flexibility index (Phi) is 5.31. The Labute approximate surface area is 142 Å². The first-order valence-corrected chi connectivity index (χ1v) is 7.35. The third-order valence-corrected chi connectivity index (χ3v) is 3.94. The fraction of sp³-hybridized carbons (Fsp3) is 0.375. The third kappa shape index (κ3) is 4.27. The predicted molar refractivity (Wildman–Crippen MR) is 82.5 cm³/mol. The number of aliphatic hydroxyl groups excluding tert-OH is 2. The van der Waals surface area contributed by atoms with Crippen LogP contribution in [-0.2, 0) is 14.3 Å². The molecule has 0 radical (unpaired) electrons. The summed E-state index contributed by atoms with van der Waals surface area (Å²) < 4.78 is 4.92. The van der Waals surface area contributed by atoms with E-state index in [0.29, 0.717) is 5.56 Å². The summed E-state index contributed by atoms with van der Waals surface area (Å²) >= 11 is 0. The van der Waals surface area contributed by atoms with Gasteiger partial charge in [0.2, 0.25) is 0 Å². The maximum atomic E-state index is 11.8. The van der Waals surface area contributed by atoms with Crippen molar-refractivity contribution in [3.8, 4) is 11.5 Å². The lowest BCUT2D eigenvalue weighted by atomic mass is 9.79. The fourth-order valence-electron chi connectivity index (χ4n) is 2.53. The van der Waals surface area contributed by atoms with Crippen molar-refractivity contribution < 1.29 is 45.0 Å². The van der Waals surface area contributed by atoms with E-state index < -0.39 is 48.7 Å². The van der Waals surface area contributed by atoms with Crippen molar-refractivity contribution in [2.24, 2.45) is 0 Å². The number of phenols is 2. The Morgan fingerprint density at radius 2 is 1.84 bits per heavy atom. The second-order valence-corrected chi connectivity index (χ2v) is 5.86. The predicted octanol–water partition coefficient (Wildman–Crippen LogP) is -0.646. The van der Waals surface area contributed by atoms with E-state index in [9.17, 15) is 35.1 Å². The van der Waals surface area contributed by atoms with E-state index >= 15 is 0 Å². The first-order chi connectivity index (χ1) is 11.6. The van der Waals surface area contributed by atoms with Gasteiger partial charge in [0.15, 0.2) is 17.1 Å². The highest BCUT2D eigenvalue weighted by Crippen LogP contribution is 2.31. The van der Waals surface area contributed by atoms with Gasteiger partial charge in [-0.1, -0.05) is 6.07 Å². The van der Waals surface area contributed by atoms with Crippen molar-refractivity contribution in [2.75, 3.05) is 0 Å². The summed E-state index contributed by atoms with van der Waals surface area (Å²) in [6.45, 7) is 0. The summed E-state index contributed by atoms with van der Waals surface area (Å²) in [6, 6.07) is 3.83. The number of rotatable bonds is 4. The lowest BCUT2D eigenvalue weighted by Gasteiger charge is -2.39. The largest absolute Gasteiger partial charge is 0.504 e. The van der Waals surface area contributed by atoms with E-state index in [1.807, 2.05) is 0 Å². The molecule has 1 fully saturated rings. The Bertz CT molecular complexity index is 699. The summed E-state index contributed by atoms with van der Waals surface area (Å²) in [6.07, 6.45) is -3.44. The third-order valence-electron chi connectivity index (χ3n) is 3.94. The highest BCUT2D eigenvalue weighted by atomic mass is 16.6. The Hall–Kier alpha value is -2.62. The normalized spacial score (nSPS) is 29.5. The first-order valence-electron chi connectivity index (χ1n) is 7.35. The van der Waals surface area contributed by atoms with Gasteiger partial charge in [-0.05, 0) is 23.8 Å². The van der Waals surface area contributed by atoms with Gasteiger partial charge in [0.1, 0.15) is 12.2 Å². The van der Waals surface area contributed by atoms with Crippen molar-refractivity contribution in [3.05, 3.63) is 29.8 Å². The Balaban J connectivity index is 2.06. The number of aliphatic hydroxyl groups is 3. The minimum Gasteiger partial charge on any atom is -0.504 e. The smallest absolute Gasteiger partial charge is 0.335 e. The van der Waals surface area contributed by atoms with Crippen molar-refractivity contribution in [3.63, 3.8) is 0 Å². The number of carboxylic acid groups (broad SMARTS) is 1. The molecule has 2 rings (SSSR count). The maximum Gasteiger partial charge on any atom is 0.335 e. The zero-order valence-corrected chi connectivity index (χ0v) is 12.9. The molecule has 25 heavy (non-hydrogen) atoms. The summed E-state index contributed by atoms with van der Waals surface area (Å²) in [7, 11) is 0. The molecule has 0 amide bonds. The number of carbonyl (C=O) groups excluding carboxylic acids is 1. The highest BCUT2D eigenvalue weighted by molar-refractivity contribution is 5.87. The van der Waals surface area contributed by atoms with Gasteiger partial charge in [0, 0.05) is 18.9 Å². The number of hydrogen-bond donors (Lipinski definition) is 6. The molecule has 1 saturated carbocycles. The van der Waals surface area contributed by atoms with Crippen LogP contribution in [-0.4, -0.2) is 66.5 Å². The summed E-state index contributed by atoms with van der Waals surface area (Å²) in [5.41, 5.74) is -1.94. The molecule has 9 heteroatoms. The Morgan fingerprint density at radius 3 is 2.44 bits per heavy atom. The molecule has 6 N–H and O–H groups in total. The average molecular weight is 354 g/mol. The van der Waals surface area contributed by atoms with Crippen molar-refractivity contribution in [1.82, 2.24) is 0 Å². The van der Waals surface area contributed by atoms with Crippen LogP contribution in [0.3, 0.4) is 0 Å². The van der Waals surface area contributed by atoms with E-state index in [0.717, 1.165) is 6.08 Å². The fourth-order valence-corrected chi connectivity index (χ4v) is 2.53. The lowest BCUT2D eigenvalue weighted by molar-refractivity contribution is -0.196. The first kappa shape index (κ1) is 18.7. The number of esters is 1. The monoisotopic (exact) mass is 354 g/mol. The Morgan fingerprint density at radius 1 is 1.16 bits per heavy atom. The molecule has 9 nitrogen and oxygen atoms in total. The number of hydrogen-bond acceptors (Lipinski definition) is 8. The molecule has 0 saturated heterocycles. The average Bonchev–Trinajstić information content (AvgIpc) is 2.53. The second-order valence-electron chi connectivity index (χ2n) is 5.86. The number of ether oxygens (including phenoxy) is 1. The van der Waals surface area contributed by atoms with E-state index in [1.54, 1.807) is 0 Å². The lowest BCUT2D eigenvalue weighted by Crippen LogP contribution is -2.57. The minimum absolute atomic E-state index is 0.327. The van der Waals surface area contributed by atoms with Gasteiger partial charge < -0.3 is 35.4 Å². The standard InChI is InChI=1S/C16H18O9/c17-9-3-1-8(5-10(9)18)2-4-13(20)25-12-7-16(24,15(22)23)6-11(19)14(12)21/h1-5,11-12,14,17-19,21,24H,6-7H2,(H,22,23)/b4-2+/t11-,12+,14-,16+/m1/s1. The minimum atomic E-state index is -2.31. The van der Waals surface area contributed by atoms with Gasteiger partial charge in [-0.3, -0.25) is 0 Å². The number of carbonyl (C=O) groups is 2. The molecule has 1 aromatic carbocycles. The SMILES string of the molecule is O=C(/C=C/c1ccc(O)c(O)c1)O[C@H]1C[C@](O)(C(=O)O)C[C@@H](O)[C@H]1O. The summed E-state index contributed by atoms with van der Waals surface area (Å²) in [5, 5.41) is 57.0. The van der Waals surface area contributed by atoms with Gasteiger partial charge in [-0.15, -0.1) is 0 Å². The summed E-state index contributed by atoms with van der Waals surface area (Å²) in [4.78, 5) is 22.9. The molecule has 0 aromatic heterocycles. The van der Waals surface area contributed by atoms with Crippen LogP contribution in [0.4, 0.5) is 0 Å². The molecule has 136 valence electrons. The zero-order valence-electron chi connectivity index (χ0n) is 12.9. The molecule has 0 unspecified atom stereocenters. The quantitative estimate of drug-likeness (QED) is 0.234. The van der Waals surface area contributed by atoms with Gasteiger partial charge in [-0.25, -0.2) is 9.59 Å². The van der Waals surface area contributed by atoms with E-state index in [1.165, 1.54) is 24.3 Å². The van der Waals surface area contributed by atoms with Crippen LogP contribution in [0.15, 0.2) is 24.3 Å². The maximum absolute atomic E-state index is 11.8. The topological polar surface area (TPSA) is 165 Å². The number of benzene rings is 1. The molecule has 0 aliphatic heterocycles. The van der Waals surface area contributed by atoms with Crippen LogP contribution in [0.2, 0.25) is 0 Å². The van der Waals surface area contributed by atoms with Crippen molar-refractivity contribution >= 4 is 18.0 Å². The van der Waals surface area contributed by atoms with Crippen LogP contribution < -0.4 is 0 Å². The molecule has 0 heterocycles. The molecule has 1 aromatic rings. The van der Waals surface area contributed by atoms with Crippen LogP contribution >= 0.6 is 0 Å². The molecule has 0 spiro atoms. The van der Waals surface area contributed by atoms with Crippen molar-refractivity contribution in [1.29, 1.82) is 0 Å². The van der Waals surface area contributed by atoms with Crippen LogP contribution in [0.25, 0.3) is 6.08 Å². The molecule has 0 bridgehead atoms. The van der Waals surface area contributed by atoms with E-state index in [-0.39, 0.29) is 11.5 Å². The molecule has 1 aliphatic rings. The van der Waals surface area contributed by atoms with Gasteiger partial charge in [0.25, 0.3) is 0 Å². The summed E-state index contributed by atoms with van der Waals surface area (Å²) in [5.74, 6) is -3.24. The molecular formula is C16H18O9. The van der Waals surface area contributed by atoms with Crippen LogP contribution in [0, 0.1) is 0 Å². The van der Waals surface area contributed by atoms with E-state index in [2.05, 4.69) is 0 Å². The van der Waals surface area contributed by atoms with Crippen molar-refractivity contribution in [2.45, 2.75) is 36.8 Å².